The lowest BCUT2D eigenvalue weighted by atomic mass is 10.1. The first-order valence-corrected chi connectivity index (χ1v) is 12.0. The maximum Gasteiger partial charge on any atom is 0.255 e. The molecule has 0 unspecified atom stereocenters. The lowest BCUT2D eigenvalue weighted by Gasteiger charge is -2.09. The van der Waals surface area contributed by atoms with Gasteiger partial charge < -0.3 is 10.6 Å². The highest BCUT2D eigenvalue weighted by Gasteiger charge is 2.18. The summed E-state index contributed by atoms with van der Waals surface area (Å²) in [7, 11) is 0. The van der Waals surface area contributed by atoms with E-state index in [-0.39, 0.29) is 18.4 Å². The van der Waals surface area contributed by atoms with E-state index in [0.717, 1.165) is 16.7 Å². The van der Waals surface area contributed by atoms with Crippen LogP contribution in [0.2, 0.25) is 0 Å². The molecule has 8 nitrogen and oxygen atoms in total. The Balaban J connectivity index is 1.29. The molecule has 2 aromatic heterocycles. The van der Waals surface area contributed by atoms with Gasteiger partial charge in [0.2, 0.25) is 5.91 Å². The molecule has 0 saturated carbocycles. The molecular formula is C29H26N6O2. The maximum absolute atomic E-state index is 13.3. The Morgan fingerprint density at radius 1 is 0.811 bits per heavy atom. The molecule has 2 N–H and O–H groups in total. The van der Waals surface area contributed by atoms with E-state index in [2.05, 4.69) is 15.7 Å². The second-order valence-electron chi connectivity index (χ2n) is 8.58. The van der Waals surface area contributed by atoms with Gasteiger partial charge in [-0.2, -0.15) is 10.2 Å². The fraction of sp³-hybridized carbons (Fsp3) is 0.103. The minimum Gasteiger partial charge on any atom is -0.348 e. The molecule has 5 aromatic rings. The Hall–Kier alpha value is -4.98. The van der Waals surface area contributed by atoms with E-state index in [9.17, 15) is 9.59 Å². The Morgan fingerprint density at radius 3 is 2.32 bits per heavy atom. The second-order valence-corrected chi connectivity index (χ2v) is 8.58. The third-order valence-corrected chi connectivity index (χ3v) is 5.77. The molecular weight excluding hydrogens is 464 g/mol. The summed E-state index contributed by atoms with van der Waals surface area (Å²) >= 11 is 0. The summed E-state index contributed by atoms with van der Waals surface area (Å²) in [6.45, 7) is 0.997. The van der Waals surface area contributed by atoms with Crippen molar-refractivity contribution in [2.45, 2.75) is 19.6 Å². The van der Waals surface area contributed by atoms with Crippen molar-refractivity contribution in [3.63, 3.8) is 0 Å². The number of rotatable bonds is 9. The number of nitrogens with one attached hydrogen (secondary N) is 2. The highest BCUT2D eigenvalue weighted by molar-refractivity contribution is 5.99. The molecule has 2 heterocycles. The molecule has 0 spiro atoms. The van der Waals surface area contributed by atoms with E-state index in [0.29, 0.717) is 30.0 Å². The zero-order valence-corrected chi connectivity index (χ0v) is 20.1. The van der Waals surface area contributed by atoms with E-state index < -0.39 is 0 Å². The summed E-state index contributed by atoms with van der Waals surface area (Å²) in [5, 5.41) is 14.7. The third-order valence-electron chi connectivity index (χ3n) is 5.77. The molecule has 5 rings (SSSR count). The number of amides is 2. The lowest BCUT2D eigenvalue weighted by Crippen LogP contribution is -2.23. The zero-order valence-electron chi connectivity index (χ0n) is 20.1. The summed E-state index contributed by atoms with van der Waals surface area (Å²) in [5.74, 6) is -0.394. The number of hydrogen-bond acceptors (Lipinski definition) is 4. The van der Waals surface area contributed by atoms with Gasteiger partial charge in [0.05, 0.1) is 12.1 Å². The molecule has 0 atom stereocenters. The summed E-state index contributed by atoms with van der Waals surface area (Å²) in [6.07, 6.45) is 5.15. The molecule has 8 heteroatoms. The monoisotopic (exact) mass is 490 g/mol. The average Bonchev–Trinajstić information content (AvgIpc) is 3.59. The van der Waals surface area contributed by atoms with Crippen LogP contribution < -0.4 is 10.6 Å². The van der Waals surface area contributed by atoms with Gasteiger partial charge in [0.1, 0.15) is 12.2 Å². The van der Waals surface area contributed by atoms with Gasteiger partial charge in [-0.05, 0) is 29.3 Å². The number of nitrogens with zero attached hydrogens (tertiary/aromatic N) is 4. The minimum absolute atomic E-state index is 0.128. The van der Waals surface area contributed by atoms with Crippen LogP contribution in [0.1, 0.15) is 21.5 Å². The molecule has 0 fully saturated rings. The fourth-order valence-electron chi connectivity index (χ4n) is 4.03. The third kappa shape index (κ3) is 6.18. The largest absolute Gasteiger partial charge is 0.348 e. The Kier molecular flexibility index (Phi) is 7.17. The van der Waals surface area contributed by atoms with Gasteiger partial charge >= 0.3 is 0 Å². The second kappa shape index (κ2) is 11.2. The molecule has 184 valence electrons. The SMILES string of the molecule is O=C(Cn1cccn1)Nc1cccc(CNC(=O)c2cn(Cc3ccccc3)nc2-c2ccccc2)c1. The number of carbonyl (C=O) groups is 2. The lowest BCUT2D eigenvalue weighted by molar-refractivity contribution is -0.116. The van der Waals surface area contributed by atoms with Gasteiger partial charge in [-0.1, -0.05) is 72.8 Å². The summed E-state index contributed by atoms with van der Waals surface area (Å²) in [4.78, 5) is 25.6. The number of benzene rings is 3. The van der Waals surface area contributed by atoms with Crippen LogP contribution in [-0.2, 0) is 24.4 Å². The number of anilines is 1. The van der Waals surface area contributed by atoms with Crippen LogP contribution >= 0.6 is 0 Å². The van der Waals surface area contributed by atoms with Crippen molar-refractivity contribution in [1.29, 1.82) is 0 Å². The van der Waals surface area contributed by atoms with Crippen molar-refractivity contribution in [2.24, 2.45) is 0 Å². The van der Waals surface area contributed by atoms with E-state index in [1.54, 1.807) is 34.0 Å². The molecule has 2 amide bonds. The molecule has 0 bridgehead atoms. The first-order chi connectivity index (χ1) is 18.1. The number of hydrogen-bond donors (Lipinski definition) is 2. The zero-order chi connectivity index (χ0) is 25.5. The van der Waals surface area contributed by atoms with E-state index >= 15 is 0 Å². The van der Waals surface area contributed by atoms with Gasteiger partial charge in [-0.15, -0.1) is 0 Å². The van der Waals surface area contributed by atoms with Gasteiger partial charge in [0.25, 0.3) is 5.91 Å². The van der Waals surface area contributed by atoms with Crippen LogP contribution in [-0.4, -0.2) is 31.4 Å². The topological polar surface area (TPSA) is 93.8 Å². The highest BCUT2D eigenvalue weighted by Crippen LogP contribution is 2.23. The Bertz CT molecular complexity index is 1480. The van der Waals surface area contributed by atoms with Crippen LogP contribution in [0, 0.1) is 0 Å². The minimum atomic E-state index is -0.216. The Labute approximate surface area is 214 Å². The fourth-order valence-corrected chi connectivity index (χ4v) is 4.03. The average molecular weight is 491 g/mol. The quantitative estimate of drug-likeness (QED) is 0.321. The molecule has 3 aromatic carbocycles. The van der Waals surface area contributed by atoms with Crippen LogP contribution in [0.3, 0.4) is 0 Å². The van der Waals surface area contributed by atoms with Gasteiger partial charge in [-0.25, -0.2) is 0 Å². The van der Waals surface area contributed by atoms with E-state index in [1.807, 2.05) is 84.9 Å². The summed E-state index contributed by atoms with van der Waals surface area (Å²) in [5.41, 5.74) is 4.64. The Morgan fingerprint density at radius 2 is 1.57 bits per heavy atom. The van der Waals surface area contributed by atoms with Crippen molar-refractivity contribution < 1.29 is 9.59 Å². The molecule has 0 aliphatic carbocycles. The predicted octanol–water partition coefficient (Wildman–Crippen LogP) is 4.36. The first-order valence-electron chi connectivity index (χ1n) is 12.0. The molecule has 0 aliphatic heterocycles. The van der Waals surface area contributed by atoms with Gasteiger partial charge in [-0.3, -0.25) is 19.0 Å². The number of carbonyl (C=O) groups excluding carboxylic acids is 2. The predicted molar refractivity (Wildman–Crippen MR) is 142 cm³/mol. The van der Waals surface area contributed by atoms with Crippen LogP contribution in [0.15, 0.2) is 110 Å². The van der Waals surface area contributed by atoms with Crippen molar-refractivity contribution in [3.05, 3.63) is 126 Å². The van der Waals surface area contributed by atoms with Crippen molar-refractivity contribution >= 4 is 17.5 Å². The van der Waals surface area contributed by atoms with Crippen molar-refractivity contribution in [2.75, 3.05) is 5.32 Å². The summed E-state index contributed by atoms with van der Waals surface area (Å²) in [6, 6.07) is 28.9. The molecule has 0 radical (unpaired) electrons. The van der Waals surface area contributed by atoms with Crippen LogP contribution in [0.5, 0.6) is 0 Å². The van der Waals surface area contributed by atoms with Crippen molar-refractivity contribution in [3.8, 4) is 11.3 Å². The van der Waals surface area contributed by atoms with Crippen LogP contribution in [0.25, 0.3) is 11.3 Å². The summed E-state index contributed by atoms with van der Waals surface area (Å²) < 4.78 is 3.35. The standard InChI is InChI=1S/C29H26N6O2/c36-27(21-34-16-8-15-31-34)32-25-14-7-11-23(17-25)18-30-29(37)26-20-35(19-22-9-3-1-4-10-22)33-28(26)24-12-5-2-6-13-24/h1-17,20H,18-19,21H2,(H,30,37)(H,32,36). The normalized spacial score (nSPS) is 10.7. The molecule has 0 saturated heterocycles. The van der Waals surface area contributed by atoms with Crippen molar-refractivity contribution in [1.82, 2.24) is 24.9 Å². The van der Waals surface area contributed by atoms with Gasteiger partial charge in [0, 0.05) is 36.4 Å². The molecule has 37 heavy (non-hydrogen) atoms. The molecule has 0 aliphatic rings. The smallest absolute Gasteiger partial charge is 0.255 e. The highest BCUT2D eigenvalue weighted by atomic mass is 16.2. The van der Waals surface area contributed by atoms with Crippen LogP contribution in [0.4, 0.5) is 5.69 Å². The van der Waals surface area contributed by atoms with E-state index in [4.69, 9.17) is 5.10 Å². The van der Waals surface area contributed by atoms with E-state index in [1.165, 1.54) is 0 Å². The number of aromatic nitrogens is 4. The van der Waals surface area contributed by atoms with Gasteiger partial charge in [0.15, 0.2) is 0 Å². The first kappa shape index (κ1) is 23.7. The maximum atomic E-state index is 13.3.